The lowest BCUT2D eigenvalue weighted by Gasteiger charge is -2.32. The normalized spacial score (nSPS) is 25.4. The molecule has 0 aromatic heterocycles. The first-order valence-corrected chi connectivity index (χ1v) is 11.1. The van der Waals surface area contributed by atoms with Crippen LogP contribution < -0.4 is 16.4 Å². The fourth-order valence-corrected chi connectivity index (χ4v) is 4.72. The number of carbonyl (C=O) groups is 4. The van der Waals surface area contributed by atoms with E-state index in [2.05, 4.69) is 10.6 Å². The van der Waals surface area contributed by atoms with Crippen molar-refractivity contribution in [3.63, 3.8) is 0 Å². The molecule has 2 aliphatic rings. The number of likely N-dealkylation sites (N-methyl/N-ethyl adjacent to an activating group) is 1. The molecule has 2 heterocycles. The third-order valence-electron chi connectivity index (χ3n) is 5.40. The SMILES string of the molecule is CNC(=O)[C@@H](NC(=O)[C@@H]1CCCN1C(=O)[C@@H]1CSCN1C(=O)[C@@H](N)[C@@H](C)O)[C@@H](C)O. The monoisotopic (exact) mass is 445 g/mol. The van der Waals surface area contributed by atoms with Gasteiger partial charge in [-0.2, -0.15) is 0 Å². The smallest absolute Gasteiger partial charge is 0.246 e. The molecule has 0 aromatic carbocycles. The van der Waals surface area contributed by atoms with Crippen LogP contribution in [0.3, 0.4) is 0 Å². The molecule has 4 amide bonds. The number of thioether (sulfide) groups is 1. The average Bonchev–Trinajstić information content (AvgIpc) is 3.38. The van der Waals surface area contributed by atoms with Crippen LogP contribution in [-0.2, 0) is 19.2 Å². The highest BCUT2D eigenvalue weighted by molar-refractivity contribution is 7.99. The summed E-state index contributed by atoms with van der Waals surface area (Å²) in [6, 6.07) is -3.83. The molecule has 6 N–H and O–H groups in total. The maximum Gasteiger partial charge on any atom is 0.246 e. The Hall–Kier alpha value is -1.89. The average molecular weight is 446 g/mol. The third kappa shape index (κ3) is 5.23. The number of nitrogens with one attached hydrogen (secondary N) is 2. The van der Waals surface area contributed by atoms with Gasteiger partial charge in [0.1, 0.15) is 24.2 Å². The molecule has 0 radical (unpaired) electrons. The number of carbonyl (C=O) groups excluding carboxylic acids is 4. The minimum absolute atomic E-state index is 0.279. The van der Waals surface area contributed by atoms with Crippen molar-refractivity contribution in [2.45, 2.75) is 63.1 Å². The van der Waals surface area contributed by atoms with Gasteiger partial charge in [0.15, 0.2) is 0 Å². The molecule has 0 aromatic rings. The molecule has 6 atom stereocenters. The van der Waals surface area contributed by atoms with E-state index in [1.54, 1.807) is 0 Å². The number of amides is 4. The number of rotatable bonds is 7. The Bertz CT molecular complexity index is 675. The molecule has 0 aliphatic carbocycles. The summed E-state index contributed by atoms with van der Waals surface area (Å²) in [7, 11) is 1.40. The van der Waals surface area contributed by atoms with E-state index >= 15 is 0 Å². The topological polar surface area (TPSA) is 165 Å². The minimum atomic E-state index is -1.13. The highest BCUT2D eigenvalue weighted by Gasteiger charge is 2.44. The van der Waals surface area contributed by atoms with Gasteiger partial charge in [0.05, 0.1) is 18.1 Å². The summed E-state index contributed by atoms with van der Waals surface area (Å²) in [5, 5.41) is 24.3. The van der Waals surface area contributed by atoms with Gasteiger partial charge < -0.3 is 36.4 Å². The molecule has 170 valence electrons. The fraction of sp³-hybridized carbons (Fsp3) is 0.778. The van der Waals surface area contributed by atoms with Gasteiger partial charge in [-0.1, -0.05) is 0 Å². The van der Waals surface area contributed by atoms with Gasteiger partial charge in [-0.25, -0.2) is 0 Å². The van der Waals surface area contributed by atoms with E-state index in [4.69, 9.17) is 5.73 Å². The molecule has 2 aliphatic heterocycles. The summed E-state index contributed by atoms with van der Waals surface area (Å²) in [4.78, 5) is 53.2. The van der Waals surface area contributed by atoms with Gasteiger partial charge in [0, 0.05) is 19.3 Å². The van der Waals surface area contributed by atoms with Gasteiger partial charge >= 0.3 is 0 Å². The molecule has 11 nitrogen and oxygen atoms in total. The maximum atomic E-state index is 13.2. The van der Waals surface area contributed by atoms with Gasteiger partial charge in [0.25, 0.3) is 0 Å². The Morgan fingerprint density at radius 1 is 1.10 bits per heavy atom. The highest BCUT2D eigenvalue weighted by atomic mass is 32.2. The highest BCUT2D eigenvalue weighted by Crippen LogP contribution is 2.27. The van der Waals surface area contributed by atoms with Crippen molar-refractivity contribution in [1.82, 2.24) is 20.4 Å². The Morgan fingerprint density at radius 2 is 1.77 bits per heavy atom. The predicted octanol–water partition coefficient (Wildman–Crippen LogP) is -2.80. The lowest BCUT2D eigenvalue weighted by molar-refractivity contribution is -0.148. The minimum Gasteiger partial charge on any atom is -0.391 e. The van der Waals surface area contributed by atoms with Crippen LogP contribution in [0, 0.1) is 0 Å². The first-order chi connectivity index (χ1) is 14.1. The van der Waals surface area contributed by atoms with Gasteiger partial charge in [-0.3, -0.25) is 19.2 Å². The van der Waals surface area contributed by atoms with Crippen molar-refractivity contribution < 1.29 is 29.4 Å². The number of aliphatic hydroxyl groups excluding tert-OH is 2. The Labute approximate surface area is 179 Å². The standard InChI is InChI=1S/C18H31N5O6S/c1-9(24)13(19)18(29)23-8-30-7-12(23)17(28)22-6-4-5-11(22)15(26)21-14(10(2)25)16(27)20-3/h9-14,24-25H,4-8,19H2,1-3H3,(H,20,27)(H,21,26)/t9-,10-,11+,12+,13+,14+/m1/s1. The molecule has 0 unspecified atom stereocenters. The second-order valence-electron chi connectivity index (χ2n) is 7.62. The van der Waals surface area contributed by atoms with E-state index in [1.165, 1.54) is 42.5 Å². The maximum absolute atomic E-state index is 13.2. The summed E-state index contributed by atoms with van der Waals surface area (Å²) in [6.07, 6.45) is -1.14. The quantitative estimate of drug-likeness (QED) is 0.280. The zero-order chi connectivity index (χ0) is 22.6. The summed E-state index contributed by atoms with van der Waals surface area (Å²) in [5.74, 6) is -1.29. The molecule has 0 saturated carbocycles. The molecular weight excluding hydrogens is 414 g/mol. The predicted molar refractivity (Wildman–Crippen MR) is 110 cm³/mol. The lowest BCUT2D eigenvalue weighted by Crippen LogP contribution is -2.59. The van der Waals surface area contributed by atoms with Gasteiger partial charge in [0.2, 0.25) is 23.6 Å². The number of likely N-dealkylation sites (tertiary alicyclic amines) is 1. The summed E-state index contributed by atoms with van der Waals surface area (Å²) < 4.78 is 0. The van der Waals surface area contributed by atoms with E-state index in [0.29, 0.717) is 25.1 Å². The van der Waals surface area contributed by atoms with Crippen molar-refractivity contribution in [3.05, 3.63) is 0 Å². The largest absolute Gasteiger partial charge is 0.391 e. The van der Waals surface area contributed by atoms with Crippen LogP contribution in [0.2, 0.25) is 0 Å². The van der Waals surface area contributed by atoms with Crippen LogP contribution in [0.4, 0.5) is 0 Å². The van der Waals surface area contributed by atoms with Gasteiger partial charge in [-0.15, -0.1) is 11.8 Å². The van der Waals surface area contributed by atoms with Crippen molar-refractivity contribution in [3.8, 4) is 0 Å². The Kier molecular flexibility index (Phi) is 8.47. The molecule has 0 spiro atoms. The van der Waals surface area contributed by atoms with Crippen LogP contribution in [0.25, 0.3) is 0 Å². The van der Waals surface area contributed by atoms with Gasteiger partial charge in [-0.05, 0) is 26.7 Å². The summed E-state index contributed by atoms with van der Waals surface area (Å²) in [6.45, 7) is 3.15. The van der Waals surface area contributed by atoms with E-state index < -0.39 is 54.1 Å². The van der Waals surface area contributed by atoms with Crippen molar-refractivity contribution >= 4 is 35.4 Å². The number of hydrogen-bond acceptors (Lipinski definition) is 8. The zero-order valence-corrected chi connectivity index (χ0v) is 18.2. The number of nitrogens with two attached hydrogens (primary N) is 1. The summed E-state index contributed by atoms with van der Waals surface area (Å²) >= 11 is 1.40. The number of hydrogen-bond donors (Lipinski definition) is 5. The number of aliphatic hydroxyl groups is 2. The molecule has 12 heteroatoms. The molecule has 30 heavy (non-hydrogen) atoms. The fourth-order valence-electron chi connectivity index (χ4n) is 3.57. The number of nitrogens with zero attached hydrogens (tertiary/aromatic N) is 2. The van der Waals surface area contributed by atoms with Crippen LogP contribution in [0.5, 0.6) is 0 Å². The van der Waals surface area contributed by atoms with E-state index in [-0.39, 0.29) is 11.8 Å². The van der Waals surface area contributed by atoms with Crippen LogP contribution in [0.15, 0.2) is 0 Å². The van der Waals surface area contributed by atoms with Crippen molar-refractivity contribution in [2.24, 2.45) is 5.73 Å². The zero-order valence-electron chi connectivity index (χ0n) is 17.4. The second-order valence-corrected chi connectivity index (χ2v) is 8.62. The van der Waals surface area contributed by atoms with Crippen molar-refractivity contribution in [1.29, 1.82) is 0 Å². The first kappa shape index (κ1) is 24.4. The van der Waals surface area contributed by atoms with Crippen LogP contribution in [-0.4, -0.2) is 105 Å². The molecule has 0 bridgehead atoms. The second kappa shape index (κ2) is 10.4. The molecular formula is C18H31N5O6S. The molecule has 2 saturated heterocycles. The van der Waals surface area contributed by atoms with E-state index in [9.17, 15) is 29.4 Å². The van der Waals surface area contributed by atoms with Crippen LogP contribution in [0.1, 0.15) is 26.7 Å². The first-order valence-electron chi connectivity index (χ1n) is 9.92. The molecule has 2 fully saturated rings. The van der Waals surface area contributed by atoms with Crippen molar-refractivity contribution in [2.75, 3.05) is 25.2 Å². The van der Waals surface area contributed by atoms with E-state index in [1.807, 2.05) is 0 Å². The molecule has 2 rings (SSSR count). The Balaban J connectivity index is 2.12. The Morgan fingerprint density at radius 3 is 2.33 bits per heavy atom. The van der Waals surface area contributed by atoms with Crippen LogP contribution >= 0.6 is 11.8 Å². The summed E-state index contributed by atoms with van der Waals surface area (Å²) in [5.41, 5.74) is 5.75. The van der Waals surface area contributed by atoms with E-state index in [0.717, 1.165) is 0 Å². The third-order valence-corrected chi connectivity index (χ3v) is 6.42. The lowest BCUT2D eigenvalue weighted by atomic mass is 10.1.